The third-order valence-corrected chi connectivity index (χ3v) is 8.52. The summed E-state index contributed by atoms with van der Waals surface area (Å²) in [5.74, 6) is 0.427. The third-order valence-electron chi connectivity index (χ3n) is 6.95. The monoisotopic (exact) mass is 606 g/mol. The lowest BCUT2D eigenvalue weighted by atomic mass is 9.93. The molecule has 41 heavy (non-hydrogen) atoms. The summed E-state index contributed by atoms with van der Waals surface area (Å²) in [4.78, 5) is 32.0. The molecular weight excluding hydrogens is 579 g/mol. The molecule has 0 saturated heterocycles. The second-order valence-corrected chi connectivity index (χ2v) is 11.8. The molecule has 9 heteroatoms. The van der Waals surface area contributed by atoms with Gasteiger partial charge in [0.2, 0.25) is 0 Å². The lowest BCUT2D eigenvalue weighted by Crippen LogP contribution is -2.39. The van der Waals surface area contributed by atoms with Gasteiger partial charge >= 0.3 is 5.97 Å². The highest BCUT2D eigenvalue weighted by atomic mass is 35.5. The van der Waals surface area contributed by atoms with E-state index in [0.29, 0.717) is 42.3 Å². The van der Waals surface area contributed by atoms with E-state index in [2.05, 4.69) is 18.8 Å². The molecule has 0 spiro atoms. The van der Waals surface area contributed by atoms with Crippen LogP contribution in [0.4, 0.5) is 0 Å². The predicted octanol–water partition coefficient (Wildman–Crippen LogP) is 6.42. The molecule has 0 N–H and O–H groups in total. The van der Waals surface area contributed by atoms with Gasteiger partial charge in [0.25, 0.3) is 5.56 Å². The van der Waals surface area contributed by atoms with Crippen molar-refractivity contribution in [1.82, 2.24) is 4.57 Å². The van der Waals surface area contributed by atoms with Crippen LogP contribution in [0.5, 0.6) is 5.75 Å². The summed E-state index contributed by atoms with van der Waals surface area (Å²) in [6.45, 7) is 6.24. The average Bonchev–Trinajstić information content (AvgIpc) is 3.26. The second kappa shape index (κ2) is 12.1. The van der Waals surface area contributed by atoms with Crippen LogP contribution < -0.4 is 19.6 Å². The Hall–Kier alpha value is -3.65. The fourth-order valence-electron chi connectivity index (χ4n) is 4.74. The minimum absolute atomic E-state index is 0.232. The molecule has 3 aromatic carbocycles. The van der Waals surface area contributed by atoms with Crippen molar-refractivity contribution >= 4 is 46.6 Å². The van der Waals surface area contributed by atoms with E-state index >= 15 is 0 Å². The first-order valence-corrected chi connectivity index (χ1v) is 14.6. The number of ether oxygens (including phenoxy) is 2. The minimum atomic E-state index is -0.666. The van der Waals surface area contributed by atoms with Crippen LogP contribution in [0.1, 0.15) is 55.0 Å². The fourth-order valence-corrected chi connectivity index (χ4v) is 6.24. The zero-order valence-electron chi connectivity index (χ0n) is 23.0. The van der Waals surface area contributed by atoms with E-state index in [-0.39, 0.29) is 12.2 Å². The van der Waals surface area contributed by atoms with E-state index in [9.17, 15) is 9.59 Å². The summed E-state index contributed by atoms with van der Waals surface area (Å²) in [6, 6.07) is 20.0. The van der Waals surface area contributed by atoms with Gasteiger partial charge in [0.15, 0.2) is 4.80 Å². The van der Waals surface area contributed by atoms with Crippen molar-refractivity contribution in [3.63, 3.8) is 0 Å². The zero-order chi connectivity index (χ0) is 29.3. The van der Waals surface area contributed by atoms with Crippen molar-refractivity contribution in [2.75, 3.05) is 7.11 Å². The SMILES string of the molecule is COC(=O)C1=C(C)N=c2sc(=Cc3ccccc3OCc3ccc(Cl)cc3Cl)c(=O)n2C1c1ccc(C(C)C)cc1. The number of allylic oxidation sites excluding steroid dienone is 1. The molecule has 1 aliphatic heterocycles. The van der Waals surface area contributed by atoms with Crippen molar-refractivity contribution in [3.8, 4) is 5.75 Å². The third kappa shape index (κ3) is 5.89. The largest absolute Gasteiger partial charge is 0.488 e. The van der Waals surface area contributed by atoms with Crippen molar-refractivity contribution in [2.45, 2.75) is 39.3 Å². The zero-order valence-corrected chi connectivity index (χ0v) is 25.3. The molecule has 0 amide bonds. The first kappa shape index (κ1) is 28.9. The van der Waals surface area contributed by atoms with Gasteiger partial charge in [0.1, 0.15) is 12.4 Å². The lowest BCUT2D eigenvalue weighted by molar-refractivity contribution is -0.136. The smallest absolute Gasteiger partial charge is 0.338 e. The predicted molar refractivity (Wildman–Crippen MR) is 164 cm³/mol. The van der Waals surface area contributed by atoms with Gasteiger partial charge in [-0.25, -0.2) is 9.79 Å². The van der Waals surface area contributed by atoms with Gasteiger partial charge in [-0.15, -0.1) is 0 Å². The molecule has 4 aromatic rings. The first-order chi connectivity index (χ1) is 19.7. The standard InChI is InChI=1S/C32H28Cl2N2O4S/c1-18(2)20-9-11-21(12-10-20)29-28(31(38)39-4)19(3)35-32-36(29)30(37)27(41-32)15-22-7-5-6-8-26(22)40-17-23-13-14-24(33)16-25(23)34/h5-16,18,29H,17H2,1-4H3. The van der Waals surface area contributed by atoms with Crippen molar-refractivity contribution in [3.05, 3.63) is 130 Å². The number of fused-ring (bicyclic) bond motifs is 1. The van der Waals surface area contributed by atoms with E-state index in [1.807, 2.05) is 54.6 Å². The molecule has 1 aliphatic rings. The van der Waals surface area contributed by atoms with E-state index < -0.39 is 12.0 Å². The summed E-state index contributed by atoms with van der Waals surface area (Å²) >= 11 is 13.6. The van der Waals surface area contributed by atoms with Gasteiger partial charge in [0, 0.05) is 21.2 Å². The molecule has 0 fully saturated rings. The number of nitrogens with zero attached hydrogens (tertiary/aromatic N) is 2. The van der Waals surface area contributed by atoms with Crippen molar-refractivity contribution in [1.29, 1.82) is 0 Å². The Morgan fingerprint density at radius 3 is 2.51 bits per heavy atom. The van der Waals surface area contributed by atoms with Crippen molar-refractivity contribution in [2.24, 2.45) is 4.99 Å². The Bertz CT molecular complexity index is 1840. The molecular formula is C32H28Cl2N2O4S. The van der Waals surface area contributed by atoms with Gasteiger partial charge in [-0.2, -0.15) is 0 Å². The van der Waals surface area contributed by atoms with Crippen LogP contribution in [-0.4, -0.2) is 17.6 Å². The quantitative estimate of drug-likeness (QED) is 0.228. The lowest BCUT2D eigenvalue weighted by Gasteiger charge is -2.24. The van der Waals surface area contributed by atoms with Gasteiger partial charge in [-0.1, -0.05) is 96.9 Å². The number of aromatic nitrogens is 1. The topological polar surface area (TPSA) is 69.9 Å². The summed E-state index contributed by atoms with van der Waals surface area (Å²) in [6.07, 6.45) is 1.79. The number of methoxy groups -OCH3 is 1. The maximum atomic E-state index is 13.9. The molecule has 0 aliphatic carbocycles. The molecule has 5 rings (SSSR count). The number of para-hydroxylation sites is 1. The number of rotatable bonds is 7. The molecule has 0 bridgehead atoms. The van der Waals surface area contributed by atoms with Gasteiger partial charge in [-0.3, -0.25) is 9.36 Å². The Balaban J connectivity index is 1.59. The highest BCUT2D eigenvalue weighted by molar-refractivity contribution is 7.07. The number of esters is 1. The number of benzene rings is 3. The summed E-state index contributed by atoms with van der Waals surface area (Å²) in [7, 11) is 1.33. The normalized spacial score (nSPS) is 15.1. The maximum absolute atomic E-state index is 13.9. The van der Waals surface area contributed by atoms with Crippen LogP contribution in [-0.2, 0) is 16.1 Å². The van der Waals surface area contributed by atoms with Crippen LogP contribution in [0.2, 0.25) is 10.0 Å². The van der Waals surface area contributed by atoms with Crippen LogP contribution in [0.25, 0.3) is 6.08 Å². The van der Waals surface area contributed by atoms with E-state index in [1.54, 1.807) is 29.7 Å². The van der Waals surface area contributed by atoms with Crippen LogP contribution in [0, 0.1) is 0 Å². The van der Waals surface area contributed by atoms with Crippen LogP contribution >= 0.6 is 34.5 Å². The van der Waals surface area contributed by atoms with Crippen LogP contribution in [0.15, 0.2) is 87.8 Å². The molecule has 1 atom stereocenters. The summed E-state index contributed by atoms with van der Waals surface area (Å²) in [5.41, 5.74) is 4.09. The number of carbonyl (C=O) groups excluding carboxylic acids is 1. The average molecular weight is 608 g/mol. The van der Waals surface area contributed by atoms with E-state index in [4.69, 9.17) is 32.7 Å². The molecule has 0 saturated carbocycles. The molecule has 0 radical (unpaired) electrons. The van der Waals surface area contributed by atoms with Crippen molar-refractivity contribution < 1.29 is 14.3 Å². The Morgan fingerprint density at radius 1 is 1.10 bits per heavy atom. The Labute approximate surface area is 251 Å². The molecule has 2 heterocycles. The Kier molecular flexibility index (Phi) is 8.50. The molecule has 6 nitrogen and oxygen atoms in total. The minimum Gasteiger partial charge on any atom is -0.488 e. The Morgan fingerprint density at radius 2 is 1.83 bits per heavy atom. The number of hydrogen-bond donors (Lipinski definition) is 0. The number of carbonyl (C=O) groups is 1. The fraction of sp³-hybridized carbons (Fsp3) is 0.219. The molecule has 210 valence electrons. The molecule has 1 aromatic heterocycles. The van der Waals surface area contributed by atoms with Crippen LogP contribution in [0.3, 0.4) is 0 Å². The van der Waals surface area contributed by atoms with E-state index in [0.717, 1.165) is 22.3 Å². The summed E-state index contributed by atoms with van der Waals surface area (Å²) < 4.78 is 13.3. The van der Waals surface area contributed by atoms with E-state index in [1.165, 1.54) is 18.4 Å². The number of halogens is 2. The van der Waals surface area contributed by atoms with Gasteiger partial charge in [0.05, 0.1) is 29.0 Å². The highest BCUT2D eigenvalue weighted by Crippen LogP contribution is 2.31. The number of thiazole rings is 1. The first-order valence-electron chi connectivity index (χ1n) is 13.0. The summed E-state index contributed by atoms with van der Waals surface area (Å²) in [5, 5.41) is 1.07. The maximum Gasteiger partial charge on any atom is 0.338 e. The molecule has 1 unspecified atom stereocenters. The van der Waals surface area contributed by atoms with Gasteiger partial charge in [-0.05, 0) is 48.2 Å². The number of hydrogen-bond acceptors (Lipinski definition) is 6. The van der Waals surface area contributed by atoms with Gasteiger partial charge < -0.3 is 9.47 Å². The highest BCUT2D eigenvalue weighted by Gasteiger charge is 2.33. The second-order valence-electron chi connectivity index (χ2n) is 9.96.